The van der Waals surface area contributed by atoms with E-state index in [1.807, 2.05) is 0 Å². The number of rotatable bonds is 12. The molecule has 3 aromatic rings. The summed E-state index contributed by atoms with van der Waals surface area (Å²) in [6.45, 7) is 13.6. The van der Waals surface area contributed by atoms with Gasteiger partial charge in [-0.2, -0.15) is 0 Å². The third kappa shape index (κ3) is 9.73. The van der Waals surface area contributed by atoms with Crippen LogP contribution in [0.2, 0.25) is 0 Å². The molecule has 1 aliphatic heterocycles. The molecule has 68 heavy (non-hydrogen) atoms. The van der Waals surface area contributed by atoms with Gasteiger partial charge in [0.05, 0.1) is 35.6 Å². The molecule has 2 saturated carbocycles. The van der Waals surface area contributed by atoms with Crippen molar-refractivity contribution in [1.82, 2.24) is 5.32 Å². The summed E-state index contributed by atoms with van der Waals surface area (Å²) in [5.74, 6) is -6.96. The van der Waals surface area contributed by atoms with Gasteiger partial charge in [0.2, 0.25) is 0 Å². The third-order valence-electron chi connectivity index (χ3n) is 13.6. The average molecular weight is 1010 g/mol. The van der Waals surface area contributed by atoms with Crippen molar-refractivity contribution in [3.05, 3.63) is 119 Å². The van der Waals surface area contributed by atoms with E-state index < -0.39 is 113 Å². The van der Waals surface area contributed by atoms with E-state index >= 15 is 4.79 Å². The summed E-state index contributed by atoms with van der Waals surface area (Å²) in [6, 6.07) is 22.7. The number of carbonyl (C=O) groups is 6. The SMILES string of the molecule is CC(=O)O[C@H]1C(=O)[C@]2(C)[C@@H](O)CC3OC[C@@]3(OC(C)=O)[C@H]2[C@H](OC(=O)c2ccccc2)[C@]2(O)CC(OC(=O)[C@H](O[C-]=O)[C@@H](NC(=O)c3ccccc3)c3ccccc3)C(C)=C1C2(C)C.[CH-]=NC.[Y]. The van der Waals surface area contributed by atoms with Crippen LogP contribution in [0.15, 0.2) is 107 Å². The van der Waals surface area contributed by atoms with Crippen molar-refractivity contribution in [2.45, 2.75) is 108 Å². The number of nitrogens with one attached hydrogen (secondary N) is 1. The standard InChI is InChI=1S/C48H50NO15.C2H4N.Y/c1-26-32(62-44(57)38(60-25-50)36(29-16-10-7-11-17-29)49-42(55)30-18-12-8-13-19-30)23-48(58)41(63-43(56)31-20-14-9-15-21-31)39-46(6,33(53)22-34-47(39,24-59-34)64-28(3)52)40(54)37(61-27(2)51)35(26)45(48,4)5;1-3-2;/h7-21,32-34,36-39,41,53,58H,22-24H2,1-6H3,(H,49,55);1H,2H3;/q2*-1;/t32?,33-,34?,36-,37+,38+,39-,41-,46+,47-,48+;;/m0../s1. The summed E-state index contributed by atoms with van der Waals surface area (Å²) in [7, 11) is 1.53. The Morgan fingerprint density at radius 1 is 0.882 bits per heavy atom. The molecule has 0 spiro atoms. The van der Waals surface area contributed by atoms with Crippen molar-refractivity contribution < 1.29 is 105 Å². The number of hydrogen-bond donors (Lipinski definition) is 3. The van der Waals surface area contributed by atoms with Gasteiger partial charge in [0.15, 0.2) is 23.6 Å². The Kier molecular flexibility index (Phi) is 16.9. The maximum Gasteiger partial charge on any atom is 0.347 e. The molecule has 2 unspecified atom stereocenters. The van der Waals surface area contributed by atoms with Gasteiger partial charge in [0.1, 0.15) is 23.9 Å². The van der Waals surface area contributed by atoms with E-state index in [2.05, 4.69) is 17.0 Å². The number of ketones is 1. The predicted octanol–water partition coefficient (Wildman–Crippen LogP) is 4.02. The van der Waals surface area contributed by atoms with Gasteiger partial charge < -0.3 is 60.5 Å². The molecule has 1 heterocycles. The van der Waals surface area contributed by atoms with Crippen LogP contribution in [0.4, 0.5) is 0 Å². The maximum atomic E-state index is 15.5. The van der Waals surface area contributed by atoms with Gasteiger partial charge in [0.25, 0.3) is 5.91 Å². The Morgan fingerprint density at radius 2 is 1.44 bits per heavy atom. The Balaban J connectivity index is 0.00000210. The molecule has 11 atom stereocenters. The van der Waals surface area contributed by atoms with E-state index in [1.54, 1.807) is 92.7 Å². The fourth-order valence-electron chi connectivity index (χ4n) is 10.3. The van der Waals surface area contributed by atoms with Gasteiger partial charge in [-0.3, -0.25) is 19.2 Å². The molecule has 3 fully saturated rings. The first kappa shape index (κ1) is 53.5. The second-order valence-electron chi connectivity index (χ2n) is 17.8. The zero-order valence-electron chi connectivity index (χ0n) is 38.7. The maximum absolute atomic E-state index is 15.5. The van der Waals surface area contributed by atoms with Crippen LogP contribution in [0.5, 0.6) is 0 Å². The van der Waals surface area contributed by atoms with Crippen molar-refractivity contribution in [1.29, 1.82) is 0 Å². The fraction of sp³-hybridized carbons (Fsp3) is 0.440. The first-order valence-corrected chi connectivity index (χ1v) is 21.6. The van der Waals surface area contributed by atoms with Gasteiger partial charge in [0, 0.05) is 70.4 Å². The van der Waals surface area contributed by atoms with Crippen LogP contribution in [0.25, 0.3) is 0 Å². The number of amides is 1. The zero-order chi connectivity index (χ0) is 49.1. The van der Waals surface area contributed by atoms with E-state index in [9.17, 15) is 39.0 Å². The smallest absolute Gasteiger partial charge is 0.347 e. The first-order valence-electron chi connectivity index (χ1n) is 21.6. The summed E-state index contributed by atoms with van der Waals surface area (Å²) in [5, 5.41) is 28.6. The summed E-state index contributed by atoms with van der Waals surface area (Å²) in [5.41, 5.74) is -7.27. The number of carbonyl (C=O) groups excluding carboxylic acids is 7. The van der Waals surface area contributed by atoms with Crippen LogP contribution in [0.3, 0.4) is 0 Å². The van der Waals surface area contributed by atoms with E-state index in [-0.39, 0.29) is 68.0 Å². The van der Waals surface area contributed by atoms with Crippen LogP contribution >= 0.6 is 0 Å². The Hall–Kier alpha value is -5.46. The number of ether oxygens (including phenoxy) is 6. The number of aliphatic hydroxyl groups is 2. The average Bonchev–Trinajstić information content (AvgIpc) is 3.29. The molecule has 4 aliphatic rings. The number of Topliss-reactive ketones (excluding diaryl/α,β-unsaturated/α-hetero) is 1. The molecule has 359 valence electrons. The molecule has 18 heteroatoms. The minimum Gasteiger partial charge on any atom is -0.641 e. The molecule has 7 rings (SSSR count). The van der Waals surface area contributed by atoms with Crippen LogP contribution in [-0.2, 0) is 85.1 Å². The van der Waals surface area contributed by atoms with E-state index in [0.29, 0.717) is 5.56 Å². The van der Waals surface area contributed by atoms with Crippen LogP contribution in [-0.4, -0.2) is 120 Å². The van der Waals surface area contributed by atoms with Gasteiger partial charge in [-0.15, -0.1) is 0 Å². The monoisotopic (exact) mass is 1010 g/mol. The second-order valence-corrected chi connectivity index (χ2v) is 17.8. The summed E-state index contributed by atoms with van der Waals surface area (Å²) >= 11 is 0. The molecule has 17 nitrogen and oxygen atoms in total. The van der Waals surface area contributed by atoms with E-state index in [1.165, 1.54) is 39.5 Å². The zero-order valence-corrected chi connectivity index (χ0v) is 41.5. The Labute approximate surface area is 419 Å². The van der Waals surface area contributed by atoms with Crippen molar-refractivity contribution in [2.75, 3.05) is 13.7 Å². The second kappa shape index (κ2) is 21.5. The molecule has 1 amide bonds. The third-order valence-corrected chi connectivity index (χ3v) is 13.6. The van der Waals surface area contributed by atoms with Crippen LogP contribution in [0, 0.1) is 16.7 Å². The van der Waals surface area contributed by atoms with Crippen LogP contribution < -0.4 is 5.32 Å². The number of aliphatic imine (C=N–C) groups is 1. The first-order chi connectivity index (χ1) is 31.7. The Bertz CT molecular complexity index is 2420. The van der Waals surface area contributed by atoms with Crippen molar-refractivity contribution in [3.8, 4) is 0 Å². The minimum atomic E-state index is -2.43. The molecule has 3 aliphatic carbocycles. The number of esters is 4. The van der Waals surface area contributed by atoms with Gasteiger partial charge in [-0.1, -0.05) is 87.0 Å². The number of nitrogens with zero attached hydrogens (tertiary/aromatic N) is 1. The number of aliphatic hydroxyl groups excluding tert-OH is 1. The van der Waals surface area contributed by atoms with E-state index in [4.69, 9.17) is 28.4 Å². The molecule has 1 radical (unpaired) electrons. The Morgan fingerprint density at radius 3 is 1.96 bits per heavy atom. The van der Waals surface area contributed by atoms with Gasteiger partial charge in [-0.25, -0.2) is 9.59 Å². The molecule has 3 N–H and O–H groups in total. The molecule has 3 aromatic carbocycles. The molecule has 0 aromatic heterocycles. The fourth-order valence-corrected chi connectivity index (χ4v) is 10.3. The molecular formula is C50H54N2O15Y-2. The van der Waals surface area contributed by atoms with Crippen molar-refractivity contribution in [2.24, 2.45) is 21.7 Å². The normalized spacial score (nSPS) is 29.5. The minimum absolute atomic E-state index is 0. The summed E-state index contributed by atoms with van der Waals surface area (Å²) < 4.78 is 35.7. The predicted molar refractivity (Wildman–Crippen MR) is 237 cm³/mol. The topological polar surface area (TPSA) is 240 Å². The van der Waals surface area contributed by atoms with Crippen LogP contribution in [0.1, 0.15) is 86.7 Å². The van der Waals surface area contributed by atoms with Gasteiger partial charge >= 0.3 is 23.9 Å². The summed E-state index contributed by atoms with van der Waals surface area (Å²) in [6.07, 6.45) is -10.6. The quantitative estimate of drug-likeness (QED) is 0.0764. The van der Waals surface area contributed by atoms with Crippen molar-refractivity contribution in [3.63, 3.8) is 0 Å². The van der Waals surface area contributed by atoms with E-state index in [0.717, 1.165) is 13.8 Å². The van der Waals surface area contributed by atoms with Gasteiger partial charge in [-0.05, 0) is 61.9 Å². The number of benzene rings is 3. The largest absolute Gasteiger partial charge is 0.641 e. The molecule has 2 bridgehead atoms. The molecular weight excluding hydrogens is 957 g/mol. The number of fused-ring (bicyclic) bond motifs is 5. The molecule has 1 saturated heterocycles. The van der Waals surface area contributed by atoms with Crippen molar-refractivity contribution >= 4 is 48.8 Å². The summed E-state index contributed by atoms with van der Waals surface area (Å²) in [4.78, 5) is 99.2. The number of hydrogen-bond acceptors (Lipinski definition) is 16.